The summed E-state index contributed by atoms with van der Waals surface area (Å²) in [6.45, 7) is 1.93. The summed E-state index contributed by atoms with van der Waals surface area (Å²) >= 11 is 5.98. The van der Waals surface area contributed by atoms with Gasteiger partial charge in [-0.2, -0.15) is 0 Å². The second-order valence-electron chi connectivity index (χ2n) is 3.82. The highest BCUT2D eigenvalue weighted by atomic mass is 35.5. The number of rotatable bonds is 4. The number of nitrogens with zero attached hydrogens (tertiary/aromatic N) is 2. The van der Waals surface area contributed by atoms with Crippen molar-refractivity contribution in [3.63, 3.8) is 0 Å². The van der Waals surface area contributed by atoms with Gasteiger partial charge in [-0.3, -0.25) is 0 Å². The topological polar surface area (TPSA) is 47.0 Å². The number of nitrogens with one attached hydrogen (secondary N) is 1. The summed E-state index contributed by atoms with van der Waals surface area (Å²) in [6.07, 6.45) is 1.98. The fourth-order valence-corrected chi connectivity index (χ4v) is 1.93. The predicted octanol–water partition coefficient (Wildman–Crippen LogP) is 3.58. The standard InChI is InChI=1S/C13H13ClFN3O/c1-3-9-12(14)16-7-17-13(9)18-11-6-8(19-2)4-5-10(11)15/h4-7H,3H2,1-2H3,(H,16,17,18). The van der Waals surface area contributed by atoms with E-state index in [-0.39, 0.29) is 5.69 Å². The third-order valence-electron chi connectivity index (χ3n) is 2.67. The Morgan fingerprint density at radius 2 is 2.16 bits per heavy atom. The molecule has 4 nitrogen and oxygen atoms in total. The molecule has 0 aliphatic carbocycles. The second kappa shape index (κ2) is 5.84. The van der Waals surface area contributed by atoms with E-state index >= 15 is 0 Å². The van der Waals surface area contributed by atoms with Crippen LogP contribution in [-0.2, 0) is 6.42 Å². The molecule has 1 N–H and O–H groups in total. The van der Waals surface area contributed by atoms with Gasteiger partial charge in [-0.1, -0.05) is 18.5 Å². The monoisotopic (exact) mass is 281 g/mol. The van der Waals surface area contributed by atoms with Crippen molar-refractivity contribution in [2.24, 2.45) is 0 Å². The molecule has 0 aliphatic heterocycles. The molecule has 1 aromatic carbocycles. The molecule has 0 aliphatic rings. The number of hydrogen-bond acceptors (Lipinski definition) is 4. The Kier molecular flexibility index (Phi) is 4.16. The van der Waals surface area contributed by atoms with Crippen LogP contribution in [-0.4, -0.2) is 17.1 Å². The Hall–Kier alpha value is -1.88. The van der Waals surface area contributed by atoms with Gasteiger partial charge in [0.15, 0.2) is 0 Å². The molecule has 0 bridgehead atoms. The van der Waals surface area contributed by atoms with Crippen molar-refractivity contribution in [1.82, 2.24) is 9.97 Å². The molecule has 100 valence electrons. The zero-order chi connectivity index (χ0) is 13.8. The SMILES string of the molecule is CCc1c(Cl)ncnc1Nc1cc(OC)ccc1F. The lowest BCUT2D eigenvalue weighted by Gasteiger charge is -2.12. The van der Waals surface area contributed by atoms with Crippen LogP contribution in [0.2, 0.25) is 5.15 Å². The first-order chi connectivity index (χ1) is 9.15. The molecule has 1 heterocycles. The summed E-state index contributed by atoms with van der Waals surface area (Å²) in [5, 5.41) is 3.28. The predicted molar refractivity (Wildman–Crippen MR) is 72.7 cm³/mol. The van der Waals surface area contributed by atoms with Crippen molar-refractivity contribution in [3.8, 4) is 5.75 Å². The van der Waals surface area contributed by atoms with Gasteiger partial charge < -0.3 is 10.1 Å². The van der Waals surface area contributed by atoms with E-state index in [1.54, 1.807) is 12.1 Å². The molecule has 6 heteroatoms. The van der Waals surface area contributed by atoms with Crippen LogP contribution in [0.1, 0.15) is 12.5 Å². The van der Waals surface area contributed by atoms with Crippen LogP contribution >= 0.6 is 11.6 Å². The summed E-state index contributed by atoms with van der Waals surface area (Å²) < 4.78 is 18.8. The summed E-state index contributed by atoms with van der Waals surface area (Å²) in [5.74, 6) is 0.661. The highest BCUT2D eigenvalue weighted by Gasteiger charge is 2.11. The van der Waals surface area contributed by atoms with Crippen molar-refractivity contribution < 1.29 is 9.13 Å². The fourth-order valence-electron chi connectivity index (χ4n) is 1.67. The van der Waals surface area contributed by atoms with Crippen molar-refractivity contribution >= 4 is 23.1 Å². The molecule has 2 rings (SSSR count). The third-order valence-corrected chi connectivity index (χ3v) is 3.00. The quantitative estimate of drug-likeness (QED) is 0.870. The molecular formula is C13H13ClFN3O. The first-order valence-electron chi connectivity index (χ1n) is 5.75. The molecule has 0 radical (unpaired) electrons. The lowest BCUT2D eigenvalue weighted by Crippen LogP contribution is -2.02. The maximum atomic E-state index is 13.7. The highest BCUT2D eigenvalue weighted by molar-refractivity contribution is 6.30. The van der Waals surface area contributed by atoms with Crippen molar-refractivity contribution in [1.29, 1.82) is 0 Å². The van der Waals surface area contributed by atoms with Gasteiger partial charge >= 0.3 is 0 Å². The molecule has 0 saturated heterocycles. The van der Waals surface area contributed by atoms with Crippen LogP contribution in [0.25, 0.3) is 0 Å². The second-order valence-corrected chi connectivity index (χ2v) is 4.17. The van der Waals surface area contributed by atoms with E-state index < -0.39 is 5.82 Å². The number of aromatic nitrogens is 2. The van der Waals surface area contributed by atoms with Gasteiger partial charge in [0.25, 0.3) is 0 Å². The molecule has 0 amide bonds. The van der Waals surface area contributed by atoms with Crippen LogP contribution in [0.3, 0.4) is 0 Å². The Bertz CT molecular complexity index is 592. The number of methoxy groups -OCH3 is 1. The van der Waals surface area contributed by atoms with Gasteiger partial charge in [0.2, 0.25) is 0 Å². The Balaban J connectivity index is 2.38. The van der Waals surface area contributed by atoms with E-state index in [1.165, 1.54) is 19.5 Å². The van der Waals surface area contributed by atoms with E-state index in [0.717, 1.165) is 5.56 Å². The zero-order valence-corrected chi connectivity index (χ0v) is 11.3. The van der Waals surface area contributed by atoms with Gasteiger partial charge in [-0.15, -0.1) is 0 Å². The summed E-state index contributed by atoms with van der Waals surface area (Å²) in [4.78, 5) is 7.99. The first-order valence-corrected chi connectivity index (χ1v) is 6.13. The average Bonchev–Trinajstić information content (AvgIpc) is 2.41. The molecule has 1 aromatic heterocycles. The number of benzene rings is 1. The molecule has 0 spiro atoms. The van der Waals surface area contributed by atoms with Crippen LogP contribution in [0, 0.1) is 5.82 Å². The minimum Gasteiger partial charge on any atom is -0.497 e. The largest absolute Gasteiger partial charge is 0.497 e. The minimum atomic E-state index is -0.391. The van der Waals surface area contributed by atoms with Crippen molar-refractivity contribution in [3.05, 3.63) is 41.1 Å². The zero-order valence-electron chi connectivity index (χ0n) is 10.6. The van der Waals surface area contributed by atoms with Gasteiger partial charge in [-0.05, 0) is 18.6 Å². The Labute approximate surface area is 115 Å². The first kappa shape index (κ1) is 13.5. The fraction of sp³-hybridized carbons (Fsp3) is 0.231. The van der Waals surface area contributed by atoms with Crippen LogP contribution in [0.5, 0.6) is 5.75 Å². The van der Waals surface area contributed by atoms with E-state index in [2.05, 4.69) is 15.3 Å². The summed E-state index contributed by atoms with van der Waals surface area (Å²) in [6, 6.07) is 4.44. The van der Waals surface area contributed by atoms with Crippen molar-refractivity contribution in [2.75, 3.05) is 12.4 Å². The Morgan fingerprint density at radius 3 is 2.84 bits per heavy atom. The summed E-state index contributed by atoms with van der Waals surface area (Å²) in [5.41, 5.74) is 1.02. The van der Waals surface area contributed by atoms with Gasteiger partial charge in [0.05, 0.1) is 12.8 Å². The molecule has 0 saturated carbocycles. The molecule has 0 atom stereocenters. The number of anilines is 2. The van der Waals surface area contributed by atoms with Gasteiger partial charge in [0, 0.05) is 11.6 Å². The van der Waals surface area contributed by atoms with Gasteiger partial charge in [0.1, 0.15) is 28.9 Å². The van der Waals surface area contributed by atoms with E-state index in [1.807, 2.05) is 6.92 Å². The average molecular weight is 282 g/mol. The van der Waals surface area contributed by atoms with Crippen molar-refractivity contribution in [2.45, 2.75) is 13.3 Å². The van der Waals surface area contributed by atoms with Crippen LogP contribution < -0.4 is 10.1 Å². The summed E-state index contributed by atoms with van der Waals surface area (Å²) in [7, 11) is 1.52. The normalized spacial score (nSPS) is 10.3. The molecule has 0 fully saturated rings. The molecular weight excluding hydrogens is 269 g/mol. The maximum Gasteiger partial charge on any atom is 0.146 e. The highest BCUT2D eigenvalue weighted by Crippen LogP contribution is 2.27. The van der Waals surface area contributed by atoms with E-state index in [9.17, 15) is 4.39 Å². The number of hydrogen-bond donors (Lipinski definition) is 1. The lowest BCUT2D eigenvalue weighted by atomic mass is 10.2. The smallest absolute Gasteiger partial charge is 0.146 e. The molecule has 2 aromatic rings. The number of halogens is 2. The maximum absolute atomic E-state index is 13.7. The van der Waals surface area contributed by atoms with E-state index in [4.69, 9.17) is 16.3 Å². The van der Waals surface area contributed by atoms with Crippen LogP contribution in [0.15, 0.2) is 24.5 Å². The number of ether oxygens (including phenoxy) is 1. The minimum absolute atomic E-state index is 0.281. The molecule has 19 heavy (non-hydrogen) atoms. The van der Waals surface area contributed by atoms with Crippen LogP contribution in [0.4, 0.5) is 15.9 Å². The third kappa shape index (κ3) is 2.93. The lowest BCUT2D eigenvalue weighted by molar-refractivity contribution is 0.414. The van der Waals surface area contributed by atoms with E-state index in [0.29, 0.717) is 23.1 Å². The Morgan fingerprint density at radius 1 is 1.37 bits per heavy atom. The van der Waals surface area contributed by atoms with Gasteiger partial charge in [-0.25, -0.2) is 14.4 Å². The molecule has 0 unspecified atom stereocenters.